The van der Waals surface area contributed by atoms with Gasteiger partial charge in [0.25, 0.3) is 0 Å². The lowest BCUT2D eigenvalue weighted by atomic mass is 10.3. The van der Waals surface area contributed by atoms with Gasteiger partial charge in [-0.3, -0.25) is 5.32 Å². The van der Waals surface area contributed by atoms with Crippen molar-refractivity contribution in [3.8, 4) is 10.8 Å². The Morgan fingerprint density at radius 1 is 1.23 bits per heavy atom. The molecule has 3 aromatic rings. The van der Waals surface area contributed by atoms with Gasteiger partial charge in [0.05, 0.1) is 13.2 Å². The molecule has 4 heterocycles. The third-order valence-corrected chi connectivity index (χ3v) is 5.33. The van der Waals surface area contributed by atoms with Crippen LogP contribution in [0, 0.1) is 0 Å². The molecular formula is C17H20N8O4S. The molecule has 1 fully saturated rings. The first-order valence-corrected chi connectivity index (χ1v) is 10.2. The molecular weight excluding hydrogens is 412 g/mol. The van der Waals surface area contributed by atoms with E-state index >= 15 is 0 Å². The fourth-order valence-corrected chi connectivity index (χ4v) is 3.89. The third-order valence-electron chi connectivity index (χ3n) is 4.49. The Bertz CT molecular complexity index is 1100. The number of rotatable bonds is 5. The van der Waals surface area contributed by atoms with Crippen LogP contribution in [0.3, 0.4) is 0 Å². The van der Waals surface area contributed by atoms with Gasteiger partial charge in [-0.05, 0) is 6.92 Å². The summed E-state index contributed by atoms with van der Waals surface area (Å²) in [5, 5.41) is 16.4. The predicted molar refractivity (Wildman–Crippen MR) is 110 cm³/mol. The van der Waals surface area contributed by atoms with Crippen molar-refractivity contribution in [3.63, 3.8) is 0 Å². The highest BCUT2D eigenvalue weighted by atomic mass is 32.1. The Hall–Kier alpha value is -3.32. The van der Waals surface area contributed by atoms with Gasteiger partial charge in [-0.25, -0.2) is 19.6 Å². The minimum Gasteiger partial charge on any atom is -0.476 e. The third kappa shape index (κ3) is 3.76. The van der Waals surface area contributed by atoms with Gasteiger partial charge in [-0.1, -0.05) is 0 Å². The second-order valence-corrected chi connectivity index (χ2v) is 7.32. The summed E-state index contributed by atoms with van der Waals surface area (Å²) >= 11 is 1.19. The van der Waals surface area contributed by atoms with Gasteiger partial charge in [0.2, 0.25) is 5.95 Å². The molecule has 1 saturated heterocycles. The standard InChI is InChI=1S/C17H20N8O4S/c1-3-18-17(28)23-16-21-11-10(12(22-16)25-4-6-29-7-5-25)20-13(24(11)2)14-19-9(8-30-14)15(26)27/h8H,3-7H2,1-2H3,(H,26,27)(H2,18,21,22,23,28). The molecule has 4 rings (SSSR count). The summed E-state index contributed by atoms with van der Waals surface area (Å²) in [5.41, 5.74) is 1.00. The van der Waals surface area contributed by atoms with E-state index in [4.69, 9.17) is 9.84 Å². The number of nitrogens with one attached hydrogen (secondary N) is 2. The first-order valence-electron chi connectivity index (χ1n) is 9.29. The van der Waals surface area contributed by atoms with Crippen molar-refractivity contribution in [2.75, 3.05) is 43.1 Å². The van der Waals surface area contributed by atoms with Gasteiger partial charge in [-0.15, -0.1) is 11.3 Å². The van der Waals surface area contributed by atoms with E-state index in [1.807, 2.05) is 11.8 Å². The molecule has 0 atom stereocenters. The number of hydrogen-bond acceptors (Lipinski definition) is 9. The van der Waals surface area contributed by atoms with E-state index < -0.39 is 12.0 Å². The number of carboxylic acid groups (broad SMARTS) is 1. The topological polar surface area (TPSA) is 147 Å². The minimum atomic E-state index is -1.10. The average Bonchev–Trinajstić information content (AvgIpc) is 3.34. The van der Waals surface area contributed by atoms with Crippen molar-refractivity contribution in [2.45, 2.75) is 6.92 Å². The molecule has 158 valence electrons. The molecule has 0 aliphatic carbocycles. The molecule has 12 nitrogen and oxygen atoms in total. The zero-order valence-electron chi connectivity index (χ0n) is 16.4. The van der Waals surface area contributed by atoms with Crippen molar-refractivity contribution in [2.24, 2.45) is 7.05 Å². The van der Waals surface area contributed by atoms with Gasteiger partial charge in [-0.2, -0.15) is 9.97 Å². The van der Waals surface area contributed by atoms with Gasteiger partial charge >= 0.3 is 12.0 Å². The number of thiazole rings is 1. The molecule has 0 bridgehead atoms. The molecule has 1 aliphatic rings. The van der Waals surface area contributed by atoms with Crippen molar-refractivity contribution >= 4 is 46.3 Å². The lowest BCUT2D eigenvalue weighted by Crippen LogP contribution is -2.37. The zero-order chi connectivity index (χ0) is 21.3. The average molecular weight is 432 g/mol. The van der Waals surface area contributed by atoms with Crippen LogP contribution in [0.25, 0.3) is 22.0 Å². The van der Waals surface area contributed by atoms with E-state index in [0.717, 1.165) is 0 Å². The number of urea groups is 1. The summed E-state index contributed by atoms with van der Waals surface area (Å²) in [6, 6.07) is -0.404. The number of aromatic nitrogens is 5. The van der Waals surface area contributed by atoms with E-state index in [2.05, 4.69) is 30.6 Å². The fraction of sp³-hybridized carbons (Fsp3) is 0.412. The lowest BCUT2D eigenvalue weighted by Gasteiger charge is -2.28. The Morgan fingerprint density at radius 2 is 2.00 bits per heavy atom. The molecule has 0 aromatic carbocycles. The minimum absolute atomic E-state index is 0.0415. The second-order valence-electron chi connectivity index (χ2n) is 6.46. The fourth-order valence-electron chi connectivity index (χ4n) is 3.07. The highest BCUT2D eigenvalue weighted by Gasteiger charge is 2.24. The number of fused-ring (bicyclic) bond motifs is 1. The van der Waals surface area contributed by atoms with Crippen molar-refractivity contribution < 1.29 is 19.4 Å². The van der Waals surface area contributed by atoms with Crippen LogP contribution in [-0.2, 0) is 11.8 Å². The first kappa shape index (κ1) is 20.0. The lowest BCUT2D eigenvalue weighted by molar-refractivity contribution is 0.0691. The van der Waals surface area contributed by atoms with E-state index in [-0.39, 0.29) is 11.6 Å². The maximum absolute atomic E-state index is 12.0. The van der Waals surface area contributed by atoms with Crippen LogP contribution in [0.4, 0.5) is 16.6 Å². The van der Waals surface area contributed by atoms with E-state index in [1.54, 1.807) is 11.6 Å². The first-order chi connectivity index (χ1) is 14.5. The molecule has 0 spiro atoms. The normalized spacial score (nSPS) is 14.1. The summed E-state index contributed by atoms with van der Waals surface area (Å²) in [6.45, 7) is 4.64. The Kier molecular flexibility index (Phi) is 5.46. The molecule has 2 amide bonds. The number of hydrogen-bond donors (Lipinski definition) is 3. The number of aromatic carboxylic acids is 1. The number of morpholine rings is 1. The van der Waals surface area contributed by atoms with Crippen molar-refractivity contribution in [1.29, 1.82) is 0 Å². The van der Waals surface area contributed by atoms with E-state index in [9.17, 15) is 9.59 Å². The van der Waals surface area contributed by atoms with E-state index in [1.165, 1.54) is 16.7 Å². The molecule has 0 radical (unpaired) electrons. The Labute approximate surface area is 174 Å². The molecule has 1 aliphatic heterocycles. The second kappa shape index (κ2) is 8.20. The molecule has 30 heavy (non-hydrogen) atoms. The molecule has 0 saturated carbocycles. The van der Waals surface area contributed by atoms with Gasteiger partial charge in [0.15, 0.2) is 33.5 Å². The number of carbonyl (C=O) groups excluding carboxylic acids is 1. The van der Waals surface area contributed by atoms with Crippen LogP contribution in [-0.4, -0.2) is 74.5 Å². The van der Waals surface area contributed by atoms with Gasteiger partial charge in [0, 0.05) is 32.1 Å². The van der Waals surface area contributed by atoms with Crippen LogP contribution in [0.2, 0.25) is 0 Å². The zero-order valence-corrected chi connectivity index (χ0v) is 17.2. The summed E-state index contributed by atoms with van der Waals surface area (Å²) in [6.07, 6.45) is 0. The number of imidazole rings is 1. The monoisotopic (exact) mass is 432 g/mol. The number of carbonyl (C=O) groups is 2. The van der Waals surface area contributed by atoms with Crippen molar-refractivity contribution in [1.82, 2.24) is 29.8 Å². The number of nitrogens with zero attached hydrogens (tertiary/aromatic N) is 6. The largest absolute Gasteiger partial charge is 0.476 e. The number of aryl methyl sites for hydroxylation is 1. The quantitative estimate of drug-likeness (QED) is 0.540. The predicted octanol–water partition coefficient (Wildman–Crippen LogP) is 1.16. The number of carboxylic acids is 1. The molecule has 0 unspecified atom stereocenters. The van der Waals surface area contributed by atoms with Crippen LogP contribution in [0.1, 0.15) is 17.4 Å². The SMILES string of the molecule is CCNC(=O)Nc1nc(N2CCOCC2)c2nc(-c3nc(C(=O)O)cs3)n(C)c2n1. The number of amides is 2. The van der Waals surface area contributed by atoms with Crippen LogP contribution < -0.4 is 15.5 Å². The highest BCUT2D eigenvalue weighted by molar-refractivity contribution is 7.13. The summed E-state index contributed by atoms with van der Waals surface area (Å²) in [5.74, 6) is 0.0989. The Balaban J connectivity index is 1.83. The van der Waals surface area contributed by atoms with Crippen molar-refractivity contribution in [3.05, 3.63) is 11.1 Å². The maximum Gasteiger partial charge on any atom is 0.355 e. The highest BCUT2D eigenvalue weighted by Crippen LogP contribution is 2.31. The summed E-state index contributed by atoms with van der Waals surface area (Å²) in [4.78, 5) is 43.0. The van der Waals surface area contributed by atoms with Crippen LogP contribution >= 0.6 is 11.3 Å². The van der Waals surface area contributed by atoms with Crippen LogP contribution in [0.15, 0.2) is 5.38 Å². The summed E-state index contributed by atoms with van der Waals surface area (Å²) in [7, 11) is 1.76. The van der Waals surface area contributed by atoms with Crippen LogP contribution in [0.5, 0.6) is 0 Å². The van der Waals surface area contributed by atoms with E-state index in [0.29, 0.717) is 60.7 Å². The number of ether oxygens (including phenoxy) is 1. The Morgan fingerprint density at radius 3 is 2.67 bits per heavy atom. The van der Waals surface area contributed by atoms with Gasteiger partial charge < -0.3 is 24.6 Å². The summed E-state index contributed by atoms with van der Waals surface area (Å²) < 4.78 is 7.15. The maximum atomic E-state index is 12.0. The number of anilines is 2. The smallest absolute Gasteiger partial charge is 0.355 e. The molecule has 3 aromatic heterocycles. The molecule has 13 heteroatoms. The van der Waals surface area contributed by atoms with Gasteiger partial charge in [0.1, 0.15) is 0 Å². The molecule has 3 N–H and O–H groups in total.